The number of carbonyl (C=O) groups excluding carboxylic acids is 1. The van der Waals surface area contributed by atoms with Gasteiger partial charge in [-0.2, -0.15) is 5.10 Å². The van der Waals surface area contributed by atoms with Crippen LogP contribution >= 0.6 is 0 Å². The molecule has 0 unspecified atom stereocenters. The summed E-state index contributed by atoms with van der Waals surface area (Å²) in [6.07, 6.45) is 1.47. The zero-order valence-electron chi connectivity index (χ0n) is 15.2. The van der Waals surface area contributed by atoms with Gasteiger partial charge in [0.2, 0.25) is 5.75 Å². The smallest absolute Gasteiger partial charge is 0.261 e. The Bertz CT molecular complexity index is 983. The number of benzene rings is 2. The van der Waals surface area contributed by atoms with E-state index >= 15 is 0 Å². The van der Waals surface area contributed by atoms with Crippen molar-refractivity contribution in [3.05, 3.63) is 42.0 Å². The first kappa shape index (κ1) is 18.2. The standard InChI is InChI=1S/C18H19N5O4/c1-25-15-9-8-12(17(26-2)18(15)27-3)10-19-21-16(24)11-23-14-7-5-4-6-13(14)20-22-23/h4-10H,11H2,1-3H3,(H,21,24). The maximum absolute atomic E-state index is 12.1. The van der Waals surface area contributed by atoms with E-state index in [1.807, 2.05) is 24.3 Å². The van der Waals surface area contributed by atoms with E-state index in [2.05, 4.69) is 20.8 Å². The second-order valence-electron chi connectivity index (χ2n) is 5.45. The fourth-order valence-corrected chi connectivity index (χ4v) is 2.61. The number of fused-ring (bicyclic) bond motifs is 1. The van der Waals surface area contributed by atoms with Gasteiger partial charge in [-0.3, -0.25) is 4.79 Å². The lowest BCUT2D eigenvalue weighted by atomic mass is 10.2. The molecule has 9 nitrogen and oxygen atoms in total. The molecule has 0 bridgehead atoms. The van der Waals surface area contributed by atoms with E-state index in [1.165, 1.54) is 25.1 Å². The predicted molar refractivity (Wildman–Crippen MR) is 99.4 cm³/mol. The van der Waals surface area contributed by atoms with Crippen molar-refractivity contribution in [2.75, 3.05) is 21.3 Å². The quantitative estimate of drug-likeness (QED) is 0.502. The second kappa shape index (κ2) is 8.17. The summed E-state index contributed by atoms with van der Waals surface area (Å²) >= 11 is 0. The SMILES string of the molecule is COc1ccc(C=NNC(=O)Cn2nnc3ccccc32)c(OC)c1OC. The number of nitrogens with one attached hydrogen (secondary N) is 1. The molecule has 0 aliphatic heterocycles. The fraction of sp³-hybridized carbons (Fsp3) is 0.222. The molecule has 0 saturated heterocycles. The lowest BCUT2D eigenvalue weighted by Gasteiger charge is -2.13. The van der Waals surface area contributed by atoms with Crippen molar-refractivity contribution < 1.29 is 19.0 Å². The summed E-state index contributed by atoms with van der Waals surface area (Å²) in [5.74, 6) is 1.11. The molecule has 0 saturated carbocycles. The lowest BCUT2D eigenvalue weighted by molar-refractivity contribution is -0.121. The number of para-hydroxylation sites is 1. The van der Waals surface area contributed by atoms with Gasteiger partial charge < -0.3 is 14.2 Å². The van der Waals surface area contributed by atoms with Crippen molar-refractivity contribution in [2.45, 2.75) is 6.54 Å². The minimum Gasteiger partial charge on any atom is -0.493 e. The van der Waals surface area contributed by atoms with Gasteiger partial charge in [-0.1, -0.05) is 17.3 Å². The summed E-state index contributed by atoms with van der Waals surface area (Å²) < 4.78 is 17.4. The van der Waals surface area contributed by atoms with Crippen LogP contribution in [0.1, 0.15) is 5.56 Å². The van der Waals surface area contributed by atoms with Crippen LogP contribution in [0.5, 0.6) is 17.2 Å². The highest BCUT2D eigenvalue weighted by molar-refractivity contribution is 5.87. The molecule has 1 amide bonds. The van der Waals surface area contributed by atoms with E-state index in [-0.39, 0.29) is 12.5 Å². The number of ether oxygens (including phenoxy) is 3. The lowest BCUT2D eigenvalue weighted by Crippen LogP contribution is -2.23. The zero-order chi connectivity index (χ0) is 19.2. The molecule has 0 atom stereocenters. The minimum atomic E-state index is -0.332. The predicted octanol–water partition coefficient (Wildman–Crippen LogP) is 1.61. The van der Waals surface area contributed by atoms with E-state index in [4.69, 9.17) is 14.2 Å². The van der Waals surface area contributed by atoms with Crippen LogP contribution in [0, 0.1) is 0 Å². The maximum atomic E-state index is 12.1. The third-order valence-corrected chi connectivity index (χ3v) is 3.84. The van der Waals surface area contributed by atoms with Crippen LogP contribution < -0.4 is 19.6 Å². The normalized spacial score (nSPS) is 10.9. The van der Waals surface area contributed by atoms with Gasteiger partial charge in [0.25, 0.3) is 5.91 Å². The molecule has 0 radical (unpaired) electrons. The topological polar surface area (TPSA) is 99.9 Å². The third-order valence-electron chi connectivity index (χ3n) is 3.84. The average Bonchev–Trinajstić information content (AvgIpc) is 3.10. The maximum Gasteiger partial charge on any atom is 0.261 e. The number of hydrogen-bond donors (Lipinski definition) is 1. The summed E-state index contributed by atoms with van der Waals surface area (Å²) in [6, 6.07) is 10.9. The van der Waals surface area contributed by atoms with Crippen molar-refractivity contribution in [2.24, 2.45) is 5.10 Å². The molecule has 1 aromatic heterocycles. The first-order valence-corrected chi connectivity index (χ1v) is 8.07. The first-order valence-electron chi connectivity index (χ1n) is 8.07. The summed E-state index contributed by atoms with van der Waals surface area (Å²) in [5, 5.41) is 12.0. The molecule has 0 aliphatic carbocycles. The molecule has 0 spiro atoms. The zero-order valence-corrected chi connectivity index (χ0v) is 15.2. The number of nitrogens with zero attached hydrogens (tertiary/aromatic N) is 4. The minimum absolute atomic E-state index is 0.000915. The Kier molecular flexibility index (Phi) is 5.50. The van der Waals surface area contributed by atoms with E-state index in [1.54, 1.807) is 19.2 Å². The Morgan fingerprint density at radius 3 is 2.63 bits per heavy atom. The van der Waals surface area contributed by atoms with E-state index in [0.29, 0.717) is 22.8 Å². The van der Waals surface area contributed by atoms with Gasteiger partial charge in [-0.15, -0.1) is 5.10 Å². The van der Waals surface area contributed by atoms with Crippen molar-refractivity contribution in [3.63, 3.8) is 0 Å². The molecule has 1 N–H and O–H groups in total. The van der Waals surface area contributed by atoms with Crippen LogP contribution in [0.4, 0.5) is 0 Å². The largest absolute Gasteiger partial charge is 0.493 e. The summed E-state index contributed by atoms with van der Waals surface area (Å²) in [4.78, 5) is 12.1. The van der Waals surface area contributed by atoms with E-state index in [0.717, 1.165) is 11.0 Å². The summed E-state index contributed by atoms with van der Waals surface area (Å²) in [6.45, 7) is 0.000915. The summed E-state index contributed by atoms with van der Waals surface area (Å²) in [7, 11) is 4.58. The average molecular weight is 369 g/mol. The highest BCUT2D eigenvalue weighted by atomic mass is 16.5. The summed E-state index contributed by atoms with van der Waals surface area (Å²) in [5.41, 5.74) is 4.59. The molecule has 0 aliphatic rings. The monoisotopic (exact) mass is 369 g/mol. The van der Waals surface area contributed by atoms with Crippen LogP contribution in [0.2, 0.25) is 0 Å². The fourth-order valence-electron chi connectivity index (χ4n) is 2.61. The Labute approximate surface area is 155 Å². The van der Waals surface area contributed by atoms with Gasteiger partial charge >= 0.3 is 0 Å². The number of hydrazone groups is 1. The first-order chi connectivity index (χ1) is 13.2. The highest BCUT2D eigenvalue weighted by Crippen LogP contribution is 2.38. The van der Waals surface area contributed by atoms with Crippen LogP contribution in [0.25, 0.3) is 11.0 Å². The van der Waals surface area contributed by atoms with Gasteiger partial charge in [0, 0.05) is 5.56 Å². The number of hydrogen-bond acceptors (Lipinski definition) is 7. The third kappa shape index (κ3) is 3.81. The highest BCUT2D eigenvalue weighted by Gasteiger charge is 2.14. The Morgan fingerprint density at radius 2 is 1.89 bits per heavy atom. The molecular weight excluding hydrogens is 350 g/mol. The van der Waals surface area contributed by atoms with Crippen molar-refractivity contribution in [1.82, 2.24) is 20.4 Å². The Morgan fingerprint density at radius 1 is 1.11 bits per heavy atom. The van der Waals surface area contributed by atoms with Crippen molar-refractivity contribution >= 4 is 23.2 Å². The number of amides is 1. The van der Waals surface area contributed by atoms with Gasteiger partial charge in [0.1, 0.15) is 12.1 Å². The second-order valence-corrected chi connectivity index (χ2v) is 5.45. The Balaban J connectivity index is 1.71. The van der Waals surface area contributed by atoms with Crippen LogP contribution in [-0.4, -0.2) is 48.4 Å². The number of aromatic nitrogens is 3. The van der Waals surface area contributed by atoms with Gasteiger partial charge in [-0.05, 0) is 24.3 Å². The molecule has 2 aromatic carbocycles. The van der Waals surface area contributed by atoms with E-state index in [9.17, 15) is 4.79 Å². The van der Waals surface area contributed by atoms with Crippen molar-refractivity contribution in [1.29, 1.82) is 0 Å². The molecule has 140 valence electrons. The molecule has 9 heteroatoms. The van der Waals surface area contributed by atoms with Crippen LogP contribution in [-0.2, 0) is 11.3 Å². The Hall–Kier alpha value is -3.62. The molecule has 3 rings (SSSR count). The molecule has 1 heterocycles. The van der Waals surface area contributed by atoms with Crippen molar-refractivity contribution in [3.8, 4) is 17.2 Å². The number of carbonyl (C=O) groups is 1. The number of rotatable bonds is 7. The molecular formula is C18H19N5O4. The molecule has 0 fully saturated rings. The van der Waals surface area contributed by atoms with Gasteiger partial charge in [-0.25, -0.2) is 10.1 Å². The van der Waals surface area contributed by atoms with Crippen LogP contribution in [0.3, 0.4) is 0 Å². The van der Waals surface area contributed by atoms with Gasteiger partial charge in [0.15, 0.2) is 11.5 Å². The van der Waals surface area contributed by atoms with E-state index < -0.39 is 0 Å². The van der Waals surface area contributed by atoms with Gasteiger partial charge in [0.05, 0.1) is 33.1 Å². The van der Waals surface area contributed by atoms with Crippen LogP contribution in [0.15, 0.2) is 41.5 Å². The molecule has 27 heavy (non-hydrogen) atoms. The molecule has 3 aromatic rings. The number of methoxy groups -OCH3 is 3.